The number of rotatable bonds is 6. The van der Waals surface area contributed by atoms with Crippen molar-refractivity contribution in [1.29, 1.82) is 0 Å². The first kappa shape index (κ1) is 20.2. The molecule has 2 aromatic carbocycles. The van der Waals surface area contributed by atoms with Crippen molar-refractivity contribution in [2.24, 2.45) is 0 Å². The molecule has 0 unspecified atom stereocenters. The van der Waals surface area contributed by atoms with E-state index in [-0.39, 0.29) is 10.6 Å². The third-order valence-electron chi connectivity index (χ3n) is 5.86. The van der Waals surface area contributed by atoms with Crippen molar-refractivity contribution in [1.82, 2.24) is 4.90 Å². The maximum Gasteiger partial charge on any atom is 0.283 e. The van der Waals surface area contributed by atoms with Gasteiger partial charge in [-0.25, -0.2) is 0 Å². The molecule has 154 valence electrons. The molecular weight excluding hydrogens is 382 g/mol. The van der Waals surface area contributed by atoms with Gasteiger partial charge in [0.2, 0.25) is 0 Å². The SMILES string of the molecule is O=[N+]([O-])c1cc(CN2CCCCC2)ccc1Sc1ccc(N2CCCCC2)cc1. The minimum Gasteiger partial charge on any atom is -0.372 e. The zero-order chi connectivity index (χ0) is 20.1. The van der Waals surface area contributed by atoms with Gasteiger partial charge in [-0.1, -0.05) is 24.2 Å². The molecule has 2 heterocycles. The fraction of sp³-hybridized carbons (Fsp3) is 0.478. The molecular formula is C23H29N3O2S. The summed E-state index contributed by atoms with van der Waals surface area (Å²) >= 11 is 1.48. The molecule has 4 rings (SSSR count). The monoisotopic (exact) mass is 411 g/mol. The molecule has 2 aliphatic rings. The summed E-state index contributed by atoms with van der Waals surface area (Å²) < 4.78 is 0. The molecule has 6 heteroatoms. The van der Waals surface area contributed by atoms with Crippen molar-refractivity contribution in [3.05, 3.63) is 58.1 Å². The van der Waals surface area contributed by atoms with Crippen LogP contribution in [0.1, 0.15) is 44.1 Å². The van der Waals surface area contributed by atoms with Crippen LogP contribution in [0.15, 0.2) is 52.3 Å². The topological polar surface area (TPSA) is 49.6 Å². The molecule has 29 heavy (non-hydrogen) atoms. The van der Waals surface area contributed by atoms with E-state index in [1.54, 1.807) is 6.07 Å². The Morgan fingerprint density at radius 1 is 0.862 bits per heavy atom. The first-order chi connectivity index (χ1) is 14.2. The number of nitro groups is 1. The summed E-state index contributed by atoms with van der Waals surface area (Å²) in [5, 5.41) is 11.7. The van der Waals surface area contributed by atoms with Crippen LogP contribution in [0.25, 0.3) is 0 Å². The largest absolute Gasteiger partial charge is 0.372 e. The summed E-state index contributed by atoms with van der Waals surface area (Å²) in [5.41, 5.74) is 2.49. The highest BCUT2D eigenvalue weighted by molar-refractivity contribution is 7.99. The van der Waals surface area contributed by atoms with Crippen LogP contribution in [0.2, 0.25) is 0 Å². The van der Waals surface area contributed by atoms with Crippen LogP contribution in [0, 0.1) is 10.1 Å². The van der Waals surface area contributed by atoms with Crippen molar-refractivity contribution in [3.63, 3.8) is 0 Å². The van der Waals surface area contributed by atoms with Crippen LogP contribution < -0.4 is 4.90 Å². The summed E-state index contributed by atoms with van der Waals surface area (Å²) in [7, 11) is 0. The van der Waals surface area contributed by atoms with Gasteiger partial charge in [-0.15, -0.1) is 0 Å². The quantitative estimate of drug-likeness (QED) is 0.449. The third kappa shape index (κ3) is 5.31. The van der Waals surface area contributed by atoms with E-state index in [1.807, 2.05) is 12.1 Å². The molecule has 0 amide bonds. The van der Waals surface area contributed by atoms with Gasteiger partial charge >= 0.3 is 0 Å². The van der Waals surface area contributed by atoms with E-state index >= 15 is 0 Å². The van der Waals surface area contributed by atoms with Crippen molar-refractivity contribution in [3.8, 4) is 0 Å². The maximum atomic E-state index is 11.7. The van der Waals surface area contributed by atoms with Gasteiger partial charge in [-0.05, 0) is 81.1 Å². The van der Waals surface area contributed by atoms with E-state index in [0.29, 0.717) is 4.90 Å². The molecule has 2 aliphatic heterocycles. The first-order valence-electron chi connectivity index (χ1n) is 10.7. The second kappa shape index (κ2) is 9.63. The molecule has 0 spiro atoms. The van der Waals surface area contributed by atoms with Gasteiger partial charge in [0, 0.05) is 36.3 Å². The summed E-state index contributed by atoms with van der Waals surface area (Å²) in [5.74, 6) is 0. The molecule has 2 saturated heterocycles. The van der Waals surface area contributed by atoms with Crippen LogP contribution in [0.5, 0.6) is 0 Å². The Bertz CT molecular complexity index is 829. The van der Waals surface area contributed by atoms with Gasteiger partial charge in [0.1, 0.15) is 0 Å². The number of nitro benzene ring substituents is 1. The van der Waals surface area contributed by atoms with Crippen LogP contribution in [0.4, 0.5) is 11.4 Å². The van der Waals surface area contributed by atoms with Crippen molar-refractivity contribution in [2.45, 2.75) is 54.9 Å². The number of benzene rings is 2. The Morgan fingerprint density at radius 3 is 2.17 bits per heavy atom. The molecule has 0 atom stereocenters. The maximum absolute atomic E-state index is 11.7. The lowest BCUT2D eigenvalue weighted by Gasteiger charge is -2.28. The zero-order valence-electron chi connectivity index (χ0n) is 16.9. The highest BCUT2D eigenvalue weighted by Crippen LogP contribution is 2.36. The number of nitrogens with zero attached hydrogens (tertiary/aromatic N) is 3. The fourth-order valence-electron chi connectivity index (χ4n) is 4.27. The zero-order valence-corrected chi connectivity index (χ0v) is 17.7. The highest BCUT2D eigenvalue weighted by atomic mass is 32.2. The number of hydrogen-bond donors (Lipinski definition) is 0. The molecule has 0 saturated carbocycles. The van der Waals surface area contributed by atoms with Gasteiger partial charge in [0.15, 0.2) is 0 Å². The molecule has 2 aromatic rings. The highest BCUT2D eigenvalue weighted by Gasteiger charge is 2.18. The average Bonchev–Trinajstić information content (AvgIpc) is 2.76. The van der Waals surface area contributed by atoms with Crippen LogP contribution >= 0.6 is 11.8 Å². The van der Waals surface area contributed by atoms with Crippen molar-refractivity contribution < 1.29 is 4.92 Å². The lowest BCUT2D eigenvalue weighted by atomic mass is 10.1. The Balaban J connectivity index is 1.46. The van der Waals surface area contributed by atoms with Gasteiger partial charge in [-0.3, -0.25) is 15.0 Å². The standard InChI is InChI=1S/C23H29N3O2S/c27-26(28)22-17-19(18-24-13-3-1-4-14-24)7-12-23(22)29-21-10-8-20(9-11-21)25-15-5-2-6-16-25/h7-12,17H,1-6,13-16,18H2. The second-order valence-electron chi connectivity index (χ2n) is 8.04. The lowest BCUT2D eigenvalue weighted by molar-refractivity contribution is -0.387. The Morgan fingerprint density at radius 2 is 1.52 bits per heavy atom. The van der Waals surface area contributed by atoms with Gasteiger partial charge in [-0.2, -0.15) is 0 Å². The Kier molecular flexibility index (Phi) is 6.72. The normalized spacial score (nSPS) is 18.0. The fourth-order valence-corrected chi connectivity index (χ4v) is 5.17. The van der Waals surface area contributed by atoms with E-state index < -0.39 is 0 Å². The predicted molar refractivity (Wildman–Crippen MR) is 119 cm³/mol. The van der Waals surface area contributed by atoms with E-state index in [4.69, 9.17) is 0 Å². The van der Waals surface area contributed by atoms with Gasteiger partial charge in [0.05, 0.1) is 9.82 Å². The Hall–Kier alpha value is -2.05. The Labute approximate surface area is 177 Å². The lowest BCUT2D eigenvalue weighted by Crippen LogP contribution is -2.29. The number of likely N-dealkylation sites (tertiary alicyclic amines) is 1. The summed E-state index contributed by atoms with van der Waals surface area (Å²) in [6.45, 7) is 5.23. The van der Waals surface area contributed by atoms with E-state index in [2.05, 4.69) is 34.1 Å². The first-order valence-corrected chi connectivity index (χ1v) is 11.5. The predicted octanol–water partition coefficient (Wildman–Crippen LogP) is 5.72. The van der Waals surface area contributed by atoms with Gasteiger partial charge < -0.3 is 4.90 Å². The van der Waals surface area contributed by atoms with Crippen molar-refractivity contribution in [2.75, 3.05) is 31.1 Å². The van der Waals surface area contributed by atoms with Crippen LogP contribution in [-0.4, -0.2) is 36.0 Å². The molecule has 0 aliphatic carbocycles. The number of anilines is 1. The molecule has 2 fully saturated rings. The number of hydrogen-bond acceptors (Lipinski definition) is 5. The van der Waals surface area contributed by atoms with Gasteiger partial charge in [0.25, 0.3) is 5.69 Å². The molecule has 0 radical (unpaired) electrons. The molecule has 0 N–H and O–H groups in total. The summed E-state index contributed by atoms with van der Waals surface area (Å²) in [4.78, 5) is 18.0. The minimum atomic E-state index is -0.246. The smallest absolute Gasteiger partial charge is 0.283 e. The summed E-state index contributed by atoms with van der Waals surface area (Å²) in [6.07, 6.45) is 7.58. The average molecular weight is 412 g/mol. The van der Waals surface area contributed by atoms with Crippen LogP contribution in [-0.2, 0) is 6.54 Å². The second-order valence-corrected chi connectivity index (χ2v) is 9.16. The number of piperidine rings is 2. The minimum absolute atomic E-state index is 0.213. The van der Waals surface area contributed by atoms with E-state index in [1.165, 1.54) is 56.0 Å². The molecule has 5 nitrogen and oxygen atoms in total. The van der Waals surface area contributed by atoms with E-state index in [0.717, 1.165) is 43.2 Å². The summed E-state index contributed by atoms with van der Waals surface area (Å²) in [6, 6.07) is 14.2. The third-order valence-corrected chi connectivity index (χ3v) is 6.93. The molecule has 0 bridgehead atoms. The molecule has 0 aromatic heterocycles. The van der Waals surface area contributed by atoms with E-state index in [9.17, 15) is 10.1 Å². The van der Waals surface area contributed by atoms with Crippen LogP contribution in [0.3, 0.4) is 0 Å². The van der Waals surface area contributed by atoms with Crippen molar-refractivity contribution >= 4 is 23.1 Å².